The van der Waals surface area contributed by atoms with Gasteiger partial charge in [0.2, 0.25) is 0 Å². The standard InChI is InChI=1S/C21H22N2O7/c24-17(18(25)20(27)28)19(26)22-9-10-23-21(29)30-11-16-14-7-3-1-5-12(14)13-6-2-4-8-15(13)16/h1-8,16-18,24-25H,9-11H2,(H,22,26)(H,23,29)(H,27,28). The van der Waals surface area contributed by atoms with Gasteiger partial charge in [0.1, 0.15) is 6.61 Å². The Balaban J connectivity index is 1.46. The summed E-state index contributed by atoms with van der Waals surface area (Å²) in [6.07, 6.45) is -4.99. The first-order valence-corrected chi connectivity index (χ1v) is 9.35. The van der Waals surface area contributed by atoms with E-state index < -0.39 is 30.2 Å². The molecule has 5 N–H and O–H groups in total. The largest absolute Gasteiger partial charge is 0.479 e. The maximum absolute atomic E-state index is 12.0. The van der Waals surface area contributed by atoms with Crippen molar-refractivity contribution in [2.24, 2.45) is 0 Å². The molecular formula is C21H22N2O7. The van der Waals surface area contributed by atoms with Crippen LogP contribution < -0.4 is 10.6 Å². The maximum atomic E-state index is 12.0. The van der Waals surface area contributed by atoms with Crippen LogP contribution in [-0.4, -0.2) is 65.2 Å². The molecule has 0 bridgehead atoms. The maximum Gasteiger partial charge on any atom is 0.407 e. The topological polar surface area (TPSA) is 145 Å². The first-order chi connectivity index (χ1) is 14.4. The molecule has 9 heteroatoms. The number of hydrogen-bond acceptors (Lipinski definition) is 6. The molecule has 1 aliphatic carbocycles. The molecule has 0 heterocycles. The van der Waals surface area contributed by atoms with Crippen LogP contribution in [0, 0.1) is 0 Å². The number of fused-ring (bicyclic) bond motifs is 3. The van der Waals surface area contributed by atoms with Gasteiger partial charge in [-0.05, 0) is 22.3 Å². The summed E-state index contributed by atoms with van der Waals surface area (Å²) in [5, 5.41) is 31.7. The number of ether oxygens (including phenoxy) is 1. The first kappa shape index (κ1) is 21.3. The van der Waals surface area contributed by atoms with Crippen molar-refractivity contribution in [2.75, 3.05) is 19.7 Å². The summed E-state index contributed by atoms with van der Waals surface area (Å²) in [5.41, 5.74) is 4.41. The minimum Gasteiger partial charge on any atom is -0.479 e. The highest BCUT2D eigenvalue weighted by atomic mass is 16.5. The Bertz CT molecular complexity index is 901. The predicted octanol–water partition coefficient (Wildman–Crippen LogP) is 0.448. The number of carboxylic acids is 1. The molecule has 2 aromatic carbocycles. The van der Waals surface area contributed by atoms with E-state index in [9.17, 15) is 19.5 Å². The van der Waals surface area contributed by atoms with E-state index in [0.29, 0.717) is 0 Å². The Hall–Kier alpha value is -3.43. The van der Waals surface area contributed by atoms with Gasteiger partial charge in [0.15, 0.2) is 12.2 Å². The smallest absolute Gasteiger partial charge is 0.407 e. The highest BCUT2D eigenvalue weighted by Crippen LogP contribution is 2.44. The van der Waals surface area contributed by atoms with E-state index in [2.05, 4.69) is 10.6 Å². The van der Waals surface area contributed by atoms with Gasteiger partial charge in [-0.1, -0.05) is 48.5 Å². The lowest BCUT2D eigenvalue weighted by molar-refractivity contribution is -0.158. The second-order valence-corrected chi connectivity index (χ2v) is 6.77. The van der Waals surface area contributed by atoms with Gasteiger partial charge in [-0.15, -0.1) is 0 Å². The highest BCUT2D eigenvalue weighted by Gasteiger charge is 2.30. The van der Waals surface area contributed by atoms with Crippen LogP contribution in [-0.2, 0) is 14.3 Å². The van der Waals surface area contributed by atoms with Gasteiger partial charge in [0, 0.05) is 19.0 Å². The van der Waals surface area contributed by atoms with E-state index in [1.54, 1.807) is 0 Å². The third kappa shape index (κ3) is 4.58. The van der Waals surface area contributed by atoms with Gasteiger partial charge >= 0.3 is 12.1 Å². The molecule has 1 aliphatic rings. The molecule has 0 aromatic heterocycles. The molecule has 0 saturated heterocycles. The normalized spacial score (nSPS) is 14.2. The van der Waals surface area contributed by atoms with Gasteiger partial charge in [0.25, 0.3) is 5.91 Å². The Morgan fingerprint density at radius 3 is 1.97 bits per heavy atom. The zero-order valence-corrected chi connectivity index (χ0v) is 15.9. The third-order valence-corrected chi connectivity index (χ3v) is 4.86. The zero-order valence-electron chi connectivity index (χ0n) is 15.9. The lowest BCUT2D eigenvalue weighted by Crippen LogP contribution is -2.47. The van der Waals surface area contributed by atoms with Crippen molar-refractivity contribution in [3.05, 3.63) is 59.7 Å². The molecular weight excluding hydrogens is 392 g/mol. The highest BCUT2D eigenvalue weighted by molar-refractivity contribution is 5.87. The lowest BCUT2D eigenvalue weighted by atomic mass is 9.98. The van der Waals surface area contributed by atoms with Crippen molar-refractivity contribution in [2.45, 2.75) is 18.1 Å². The lowest BCUT2D eigenvalue weighted by Gasteiger charge is -2.15. The van der Waals surface area contributed by atoms with Crippen LogP contribution in [0.25, 0.3) is 11.1 Å². The van der Waals surface area contributed by atoms with Crippen molar-refractivity contribution < 1.29 is 34.4 Å². The fraction of sp³-hybridized carbons (Fsp3) is 0.286. The monoisotopic (exact) mass is 414 g/mol. The van der Waals surface area contributed by atoms with E-state index in [1.807, 2.05) is 48.5 Å². The summed E-state index contributed by atoms with van der Waals surface area (Å²) in [6.45, 7) is 0.0699. The van der Waals surface area contributed by atoms with Crippen molar-refractivity contribution in [1.29, 1.82) is 0 Å². The number of carbonyl (C=O) groups is 3. The number of alkyl carbamates (subject to hydrolysis) is 1. The molecule has 2 unspecified atom stereocenters. The van der Waals surface area contributed by atoms with Gasteiger partial charge in [-0.2, -0.15) is 0 Å². The number of hydrogen-bond donors (Lipinski definition) is 5. The summed E-state index contributed by atoms with van der Waals surface area (Å²) in [5.74, 6) is -2.84. The fourth-order valence-corrected chi connectivity index (χ4v) is 3.38. The Kier molecular flexibility index (Phi) is 6.65. The molecule has 30 heavy (non-hydrogen) atoms. The number of rotatable bonds is 8. The molecule has 0 radical (unpaired) electrons. The van der Waals surface area contributed by atoms with Crippen molar-refractivity contribution in [3.8, 4) is 11.1 Å². The number of aliphatic hydroxyl groups excluding tert-OH is 2. The molecule has 158 valence electrons. The molecule has 0 saturated carbocycles. The molecule has 2 aromatic rings. The molecule has 0 spiro atoms. The Morgan fingerprint density at radius 1 is 0.867 bits per heavy atom. The number of aliphatic hydroxyl groups is 2. The Labute approximate surface area is 172 Å². The van der Waals surface area contributed by atoms with Crippen LogP contribution in [0.3, 0.4) is 0 Å². The molecule has 2 amide bonds. The second kappa shape index (κ2) is 9.38. The zero-order chi connectivity index (χ0) is 21.7. The van der Waals surface area contributed by atoms with Gasteiger partial charge in [-0.25, -0.2) is 9.59 Å². The minimum atomic E-state index is -2.22. The first-order valence-electron chi connectivity index (χ1n) is 9.35. The van der Waals surface area contributed by atoms with E-state index in [0.717, 1.165) is 22.3 Å². The van der Waals surface area contributed by atoms with Crippen molar-refractivity contribution in [1.82, 2.24) is 10.6 Å². The van der Waals surface area contributed by atoms with Crippen molar-refractivity contribution >= 4 is 18.0 Å². The third-order valence-electron chi connectivity index (χ3n) is 4.86. The SMILES string of the molecule is O=C(NCCNC(=O)C(O)C(O)C(=O)O)OCC1c2ccccc2-c2ccccc21. The molecule has 2 atom stereocenters. The van der Waals surface area contributed by atoms with Crippen LogP contribution in [0.5, 0.6) is 0 Å². The molecule has 0 aliphatic heterocycles. The number of benzene rings is 2. The van der Waals surface area contributed by atoms with E-state index in [4.69, 9.17) is 14.9 Å². The van der Waals surface area contributed by atoms with Crippen LogP contribution in [0.4, 0.5) is 4.79 Å². The van der Waals surface area contributed by atoms with E-state index in [1.165, 1.54) is 0 Å². The number of nitrogens with one attached hydrogen (secondary N) is 2. The van der Waals surface area contributed by atoms with Crippen LogP contribution in [0.2, 0.25) is 0 Å². The van der Waals surface area contributed by atoms with Crippen molar-refractivity contribution in [3.63, 3.8) is 0 Å². The molecule has 3 rings (SSSR count). The van der Waals surface area contributed by atoms with Gasteiger partial charge in [0.05, 0.1) is 0 Å². The summed E-state index contributed by atoms with van der Waals surface area (Å²) in [4.78, 5) is 34.1. The number of carbonyl (C=O) groups excluding carboxylic acids is 2. The van der Waals surface area contributed by atoms with Gasteiger partial charge < -0.3 is 30.7 Å². The van der Waals surface area contributed by atoms with Crippen LogP contribution in [0.1, 0.15) is 17.0 Å². The second-order valence-electron chi connectivity index (χ2n) is 6.77. The van der Waals surface area contributed by atoms with Crippen LogP contribution >= 0.6 is 0 Å². The number of aliphatic carboxylic acids is 1. The van der Waals surface area contributed by atoms with E-state index in [-0.39, 0.29) is 25.6 Å². The van der Waals surface area contributed by atoms with E-state index >= 15 is 0 Å². The number of amides is 2. The summed E-state index contributed by atoms with van der Waals surface area (Å²) in [7, 11) is 0. The predicted molar refractivity (Wildman–Crippen MR) is 106 cm³/mol. The van der Waals surface area contributed by atoms with Crippen LogP contribution in [0.15, 0.2) is 48.5 Å². The summed E-state index contributed by atoms with van der Waals surface area (Å²) < 4.78 is 5.33. The summed E-state index contributed by atoms with van der Waals surface area (Å²) >= 11 is 0. The quantitative estimate of drug-likeness (QED) is 0.394. The minimum absolute atomic E-state index is 0.00169. The number of carboxylic acid groups (broad SMARTS) is 1. The average Bonchev–Trinajstić information content (AvgIpc) is 3.07. The average molecular weight is 414 g/mol. The molecule has 0 fully saturated rings. The Morgan fingerprint density at radius 2 is 1.40 bits per heavy atom. The summed E-state index contributed by atoms with van der Waals surface area (Å²) in [6, 6.07) is 15.9. The van der Waals surface area contributed by atoms with Gasteiger partial charge in [-0.3, -0.25) is 4.79 Å². The molecule has 9 nitrogen and oxygen atoms in total. The fourth-order valence-electron chi connectivity index (χ4n) is 3.38.